The van der Waals surface area contributed by atoms with Crippen molar-refractivity contribution in [1.29, 1.82) is 0 Å². The van der Waals surface area contributed by atoms with Crippen LogP contribution in [-0.4, -0.2) is 45.8 Å². The van der Waals surface area contributed by atoms with Gasteiger partial charge in [0.1, 0.15) is 12.2 Å². The molecule has 1 aromatic carbocycles. The first-order valence-corrected chi connectivity index (χ1v) is 8.62. The van der Waals surface area contributed by atoms with Gasteiger partial charge < -0.3 is 9.80 Å². The van der Waals surface area contributed by atoms with Gasteiger partial charge in [-0.2, -0.15) is 0 Å². The van der Waals surface area contributed by atoms with Crippen LogP contribution in [0.4, 0.5) is 11.4 Å². The third-order valence-electron chi connectivity index (χ3n) is 4.84. The smallest absolute Gasteiger partial charge is 0.248 e. The molecule has 4 rings (SSSR count). The second kappa shape index (κ2) is 5.98. The van der Waals surface area contributed by atoms with Crippen LogP contribution in [0, 0.1) is 6.92 Å². The Bertz CT molecular complexity index is 840. The lowest BCUT2D eigenvalue weighted by Crippen LogP contribution is -2.46. The maximum Gasteiger partial charge on any atom is 0.248 e. The quantitative estimate of drug-likeness (QED) is 0.795. The largest absolute Gasteiger partial charge is 0.365 e. The molecule has 25 heavy (non-hydrogen) atoms. The molecule has 2 aromatic rings. The average Bonchev–Trinajstić information content (AvgIpc) is 3.33. The SMILES string of the molecule is CC(=O)c1cn(CC(=O)N2CCN(C3CC3)c3c(C)cccc32)nn1. The number of rotatable bonds is 4. The van der Waals surface area contributed by atoms with Crippen LogP contribution in [0.2, 0.25) is 0 Å². The van der Waals surface area contributed by atoms with E-state index in [0.29, 0.717) is 12.6 Å². The molecule has 2 aliphatic rings. The molecule has 130 valence electrons. The Morgan fingerprint density at radius 3 is 2.72 bits per heavy atom. The van der Waals surface area contributed by atoms with Crippen LogP contribution < -0.4 is 9.80 Å². The number of Topliss-reactive ketones (excluding diaryl/α,β-unsaturated/α-hetero) is 1. The van der Waals surface area contributed by atoms with E-state index in [1.807, 2.05) is 17.0 Å². The number of anilines is 2. The van der Waals surface area contributed by atoms with Crippen molar-refractivity contribution in [1.82, 2.24) is 15.0 Å². The molecule has 1 aliphatic heterocycles. The van der Waals surface area contributed by atoms with E-state index in [1.54, 1.807) is 0 Å². The highest BCUT2D eigenvalue weighted by molar-refractivity contribution is 5.98. The first kappa shape index (κ1) is 15.8. The number of benzene rings is 1. The lowest BCUT2D eigenvalue weighted by Gasteiger charge is -2.39. The zero-order chi connectivity index (χ0) is 17.6. The molecule has 0 saturated heterocycles. The fraction of sp³-hybridized carbons (Fsp3) is 0.444. The Labute approximate surface area is 146 Å². The molecule has 0 unspecified atom stereocenters. The third kappa shape index (κ3) is 2.90. The molecular weight excluding hydrogens is 318 g/mol. The molecule has 7 nitrogen and oxygen atoms in total. The van der Waals surface area contributed by atoms with E-state index in [-0.39, 0.29) is 23.9 Å². The average molecular weight is 339 g/mol. The molecule has 1 aliphatic carbocycles. The summed E-state index contributed by atoms with van der Waals surface area (Å²) < 4.78 is 1.43. The van der Waals surface area contributed by atoms with Gasteiger partial charge in [0.25, 0.3) is 0 Å². The normalized spacial score (nSPS) is 16.7. The van der Waals surface area contributed by atoms with E-state index in [2.05, 4.69) is 28.2 Å². The summed E-state index contributed by atoms with van der Waals surface area (Å²) in [5, 5.41) is 7.69. The zero-order valence-corrected chi connectivity index (χ0v) is 14.5. The number of para-hydroxylation sites is 1. The van der Waals surface area contributed by atoms with Crippen LogP contribution in [-0.2, 0) is 11.3 Å². The van der Waals surface area contributed by atoms with Crippen molar-refractivity contribution < 1.29 is 9.59 Å². The topological polar surface area (TPSA) is 71.3 Å². The van der Waals surface area contributed by atoms with Crippen molar-refractivity contribution in [3.63, 3.8) is 0 Å². The van der Waals surface area contributed by atoms with Crippen molar-refractivity contribution in [2.45, 2.75) is 39.3 Å². The molecule has 1 aromatic heterocycles. The fourth-order valence-corrected chi connectivity index (χ4v) is 3.45. The maximum absolute atomic E-state index is 12.8. The number of aryl methyl sites for hydroxylation is 1. The van der Waals surface area contributed by atoms with Crippen LogP contribution >= 0.6 is 0 Å². The molecule has 7 heteroatoms. The van der Waals surface area contributed by atoms with Crippen LogP contribution in [0.15, 0.2) is 24.4 Å². The number of hydrogen-bond acceptors (Lipinski definition) is 5. The zero-order valence-electron chi connectivity index (χ0n) is 14.5. The number of aromatic nitrogens is 3. The van der Waals surface area contributed by atoms with E-state index in [9.17, 15) is 9.59 Å². The van der Waals surface area contributed by atoms with Gasteiger partial charge in [-0.15, -0.1) is 5.10 Å². The van der Waals surface area contributed by atoms with E-state index in [1.165, 1.54) is 41.9 Å². The number of fused-ring (bicyclic) bond motifs is 1. The summed E-state index contributed by atoms with van der Waals surface area (Å²) in [4.78, 5) is 28.5. The summed E-state index contributed by atoms with van der Waals surface area (Å²) in [5.41, 5.74) is 3.62. The van der Waals surface area contributed by atoms with Crippen LogP contribution in [0.3, 0.4) is 0 Å². The monoisotopic (exact) mass is 339 g/mol. The molecule has 0 atom stereocenters. The highest BCUT2D eigenvalue weighted by Gasteiger charge is 2.36. The van der Waals surface area contributed by atoms with Crippen molar-refractivity contribution in [2.24, 2.45) is 0 Å². The Kier molecular flexibility index (Phi) is 3.78. The van der Waals surface area contributed by atoms with Gasteiger partial charge in [0, 0.05) is 26.1 Å². The van der Waals surface area contributed by atoms with Gasteiger partial charge in [-0.25, -0.2) is 4.68 Å². The van der Waals surface area contributed by atoms with E-state index in [4.69, 9.17) is 0 Å². The minimum Gasteiger partial charge on any atom is -0.365 e. The van der Waals surface area contributed by atoms with Gasteiger partial charge in [-0.1, -0.05) is 17.3 Å². The summed E-state index contributed by atoms with van der Waals surface area (Å²) in [6.45, 7) is 5.13. The molecule has 1 fully saturated rings. The van der Waals surface area contributed by atoms with E-state index >= 15 is 0 Å². The summed E-state index contributed by atoms with van der Waals surface area (Å²) in [7, 11) is 0. The summed E-state index contributed by atoms with van der Waals surface area (Å²) in [6, 6.07) is 6.72. The molecular formula is C18H21N5O2. The molecule has 0 N–H and O–H groups in total. The first-order valence-electron chi connectivity index (χ1n) is 8.62. The number of carbonyl (C=O) groups excluding carboxylic acids is 2. The van der Waals surface area contributed by atoms with Crippen LogP contribution in [0.5, 0.6) is 0 Å². The molecule has 1 saturated carbocycles. The molecule has 0 bridgehead atoms. The Hall–Kier alpha value is -2.70. The molecule has 1 amide bonds. The second-order valence-electron chi connectivity index (χ2n) is 6.77. The van der Waals surface area contributed by atoms with Gasteiger partial charge in [0.2, 0.25) is 5.91 Å². The Balaban J connectivity index is 1.59. The van der Waals surface area contributed by atoms with Crippen LogP contribution in [0.25, 0.3) is 0 Å². The van der Waals surface area contributed by atoms with Crippen molar-refractivity contribution in [3.8, 4) is 0 Å². The Morgan fingerprint density at radius 2 is 2.04 bits per heavy atom. The number of nitrogens with zero attached hydrogens (tertiary/aromatic N) is 5. The fourth-order valence-electron chi connectivity index (χ4n) is 3.45. The summed E-state index contributed by atoms with van der Waals surface area (Å²) in [6.07, 6.45) is 3.99. The number of amides is 1. The number of ketones is 1. The van der Waals surface area contributed by atoms with Gasteiger partial charge in [-0.3, -0.25) is 9.59 Å². The van der Waals surface area contributed by atoms with E-state index < -0.39 is 0 Å². The third-order valence-corrected chi connectivity index (χ3v) is 4.84. The predicted octanol–water partition coefficient (Wildman–Crippen LogP) is 1.80. The standard InChI is InChI=1S/C18H21N5O2/c1-12-4-3-5-16-18(12)22(14-6-7-14)8-9-23(16)17(25)11-21-10-15(13(2)24)19-20-21/h3-5,10,14H,6-9,11H2,1-2H3. The number of carbonyl (C=O) groups is 2. The highest BCUT2D eigenvalue weighted by atomic mass is 16.2. The van der Waals surface area contributed by atoms with Crippen LogP contribution in [0.1, 0.15) is 35.8 Å². The molecule has 0 radical (unpaired) electrons. The van der Waals surface area contributed by atoms with Gasteiger partial charge in [0.05, 0.1) is 17.6 Å². The minimum atomic E-state index is -0.155. The molecule has 0 spiro atoms. The number of hydrogen-bond donors (Lipinski definition) is 0. The van der Waals surface area contributed by atoms with Crippen molar-refractivity contribution in [2.75, 3.05) is 22.9 Å². The van der Waals surface area contributed by atoms with Crippen molar-refractivity contribution in [3.05, 3.63) is 35.7 Å². The maximum atomic E-state index is 12.8. The predicted molar refractivity (Wildman–Crippen MR) is 93.9 cm³/mol. The highest BCUT2D eigenvalue weighted by Crippen LogP contribution is 2.42. The lowest BCUT2D eigenvalue weighted by molar-refractivity contribution is -0.119. The van der Waals surface area contributed by atoms with Gasteiger partial charge in [0.15, 0.2) is 5.78 Å². The van der Waals surface area contributed by atoms with Gasteiger partial charge in [-0.05, 0) is 31.4 Å². The summed E-state index contributed by atoms with van der Waals surface area (Å²) >= 11 is 0. The Morgan fingerprint density at radius 1 is 1.24 bits per heavy atom. The molecule has 2 heterocycles. The van der Waals surface area contributed by atoms with Crippen molar-refractivity contribution >= 4 is 23.1 Å². The van der Waals surface area contributed by atoms with E-state index in [0.717, 1.165) is 12.2 Å². The minimum absolute atomic E-state index is 0.0395. The second-order valence-corrected chi connectivity index (χ2v) is 6.77. The first-order chi connectivity index (χ1) is 12.0. The lowest BCUT2D eigenvalue weighted by atomic mass is 10.1. The summed E-state index contributed by atoms with van der Waals surface area (Å²) in [5.74, 6) is -0.194. The van der Waals surface area contributed by atoms with Gasteiger partial charge >= 0.3 is 0 Å².